The first-order chi connectivity index (χ1) is 17.7. The third-order valence-electron chi connectivity index (χ3n) is 5.14. The minimum Gasteiger partial charge on any atom is -0.489 e. The molecule has 4 aromatic rings. The smallest absolute Gasteiger partial charge is 0.342 e. The Labute approximate surface area is 212 Å². The predicted octanol–water partition coefficient (Wildman–Crippen LogP) is 3.53. The van der Waals surface area contributed by atoms with Gasteiger partial charge in [0.1, 0.15) is 30.9 Å². The zero-order chi connectivity index (χ0) is 26.4. The van der Waals surface area contributed by atoms with E-state index in [2.05, 4.69) is 25.4 Å². The van der Waals surface area contributed by atoms with Crippen LogP contribution in [0.15, 0.2) is 75.2 Å². The maximum atomic E-state index is 12.4. The maximum Gasteiger partial charge on any atom is 0.342 e. The quantitative estimate of drug-likeness (QED) is 0.169. The van der Waals surface area contributed by atoms with Gasteiger partial charge in [-0.15, -0.1) is 4.83 Å². The van der Waals surface area contributed by atoms with Crippen molar-refractivity contribution in [1.82, 2.24) is 19.5 Å². The third-order valence-corrected chi connectivity index (χ3v) is 6.40. The molecule has 0 saturated carbocycles. The molecule has 37 heavy (non-hydrogen) atoms. The largest absolute Gasteiger partial charge is 0.489 e. The highest BCUT2D eigenvalue weighted by Gasteiger charge is 2.17. The second kappa shape index (κ2) is 11.0. The van der Waals surface area contributed by atoms with Gasteiger partial charge in [0.05, 0.1) is 10.6 Å². The SMILES string of the molecule is Cc1cc(NNS(=O)(=O)c2ccc(N=Cc3ccc(OCCn4c([N+](=O)[O-])cnc4C)cc3)cc2)no1. The minimum absolute atomic E-state index is 0.0527. The number of nitrogens with zero attached hydrogens (tertiary/aromatic N) is 5. The highest BCUT2D eigenvalue weighted by molar-refractivity contribution is 7.89. The molecule has 2 aromatic carbocycles. The van der Waals surface area contributed by atoms with Crippen LogP contribution in [0.2, 0.25) is 0 Å². The lowest BCUT2D eigenvalue weighted by Gasteiger charge is -2.07. The van der Waals surface area contributed by atoms with Gasteiger partial charge in [-0.25, -0.2) is 18.0 Å². The van der Waals surface area contributed by atoms with E-state index in [1.807, 2.05) is 12.1 Å². The van der Waals surface area contributed by atoms with Gasteiger partial charge in [0.2, 0.25) is 0 Å². The molecule has 13 nitrogen and oxygen atoms in total. The van der Waals surface area contributed by atoms with Crippen molar-refractivity contribution in [2.45, 2.75) is 25.3 Å². The Morgan fingerprint density at radius 2 is 1.89 bits per heavy atom. The van der Waals surface area contributed by atoms with Crippen LogP contribution in [0.3, 0.4) is 0 Å². The summed E-state index contributed by atoms with van der Waals surface area (Å²) in [5, 5.41) is 14.7. The fourth-order valence-electron chi connectivity index (χ4n) is 3.25. The number of aliphatic imine (C=N–C) groups is 1. The van der Waals surface area contributed by atoms with Crippen LogP contribution in [0.1, 0.15) is 17.1 Å². The number of sulfonamides is 1. The molecule has 0 aliphatic rings. The Bertz CT molecular complexity index is 1510. The summed E-state index contributed by atoms with van der Waals surface area (Å²) in [6, 6.07) is 14.7. The normalized spacial score (nSPS) is 11.6. The number of imidazole rings is 1. The summed E-state index contributed by atoms with van der Waals surface area (Å²) < 4.78 is 36.9. The Hall–Kier alpha value is -4.56. The Morgan fingerprint density at radius 3 is 2.54 bits per heavy atom. The Balaban J connectivity index is 1.30. The molecule has 2 heterocycles. The topological polar surface area (TPSA) is 167 Å². The zero-order valence-corrected chi connectivity index (χ0v) is 20.7. The van der Waals surface area contributed by atoms with Crippen LogP contribution in [-0.4, -0.2) is 40.9 Å². The van der Waals surface area contributed by atoms with E-state index in [4.69, 9.17) is 9.26 Å². The van der Waals surface area contributed by atoms with E-state index < -0.39 is 14.9 Å². The van der Waals surface area contributed by atoms with Crippen molar-refractivity contribution >= 4 is 33.6 Å². The lowest BCUT2D eigenvalue weighted by molar-refractivity contribution is -0.392. The molecule has 4 rings (SSSR count). The van der Waals surface area contributed by atoms with Crippen molar-refractivity contribution in [3.05, 3.63) is 88.1 Å². The second-order valence-electron chi connectivity index (χ2n) is 7.80. The summed E-state index contributed by atoms with van der Waals surface area (Å²) in [4.78, 5) is 21.2. The molecule has 0 radical (unpaired) electrons. The molecule has 0 amide bonds. The van der Waals surface area contributed by atoms with Crippen LogP contribution in [0, 0.1) is 24.0 Å². The van der Waals surface area contributed by atoms with Gasteiger partial charge in [-0.3, -0.25) is 10.4 Å². The fraction of sp³-hybridized carbons (Fsp3) is 0.174. The lowest BCUT2D eigenvalue weighted by Crippen LogP contribution is -2.29. The number of hydrogen-bond donors (Lipinski definition) is 2. The van der Waals surface area contributed by atoms with Crippen LogP contribution in [0.5, 0.6) is 5.75 Å². The summed E-state index contributed by atoms with van der Waals surface area (Å²) >= 11 is 0. The number of hydrazine groups is 1. The highest BCUT2D eigenvalue weighted by Crippen LogP contribution is 2.18. The van der Waals surface area contributed by atoms with Crippen LogP contribution >= 0.6 is 0 Å². The summed E-state index contributed by atoms with van der Waals surface area (Å²) in [5.74, 6) is 1.86. The van der Waals surface area contributed by atoms with Gasteiger partial charge in [0, 0.05) is 19.2 Å². The van der Waals surface area contributed by atoms with Crippen molar-refractivity contribution < 1.29 is 22.6 Å². The van der Waals surface area contributed by atoms with Gasteiger partial charge in [0.25, 0.3) is 10.0 Å². The molecular weight excluding hydrogens is 502 g/mol. The number of aryl methyl sites for hydroxylation is 2. The van der Waals surface area contributed by atoms with Crippen LogP contribution in [0.25, 0.3) is 0 Å². The number of hydrogen-bond acceptors (Lipinski definition) is 10. The maximum absolute atomic E-state index is 12.4. The van der Waals surface area contributed by atoms with E-state index in [9.17, 15) is 18.5 Å². The van der Waals surface area contributed by atoms with Gasteiger partial charge in [-0.05, 0) is 65.9 Å². The molecular formula is C23H23N7O6S. The van der Waals surface area contributed by atoms with Crippen LogP contribution in [-0.2, 0) is 16.6 Å². The van der Waals surface area contributed by atoms with E-state index in [1.165, 1.54) is 22.9 Å². The number of rotatable bonds is 11. The lowest BCUT2D eigenvalue weighted by atomic mass is 10.2. The standard InChI is InChI=1S/C23H23N7O6S/c1-16-13-22(27-36-16)26-28-37(33,34)21-9-5-19(6-10-21)25-14-18-3-7-20(8-4-18)35-12-11-29-17(2)24-15-23(29)30(31)32/h3-10,13-15,28H,11-12H2,1-2H3,(H,26,27). The average molecular weight is 526 g/mol. The second-order valence-corrected chi connectivity index (χ2v) is 9.48. The molecule has 2 aromatic heterocycles. The number of nitrogens with one attached hydrogen (secondary N) is 2. The van der Waals surface area contributed by atoms with E-state index in [0.717, 1.165) is 5.56 Å². The van der Waals surface area contributed by atoms with Crippen molar-refractivity contribution in [2.24, 2.45) is 4.99 Å². The zero-order valence-electron chi connectivity index (χ0n) is 19.9. The summed E-state index contributed by atoms with van der Waals surface area (Å²) in [6.45, 7) is 3.92. The van der Waals surface area contributed by atoms with Crippen molar-refractivity contribution in [2.75, 3.05) is 12.0 Å². The molecule has 192 valence electrons. The van der Waals surface area contributed by atoms with Gasteiger partial charge < -0.3 is 19.4 Å². The number of anilines is 1. The van der Waals surface area contributed by atoms with Crippen LogP contribution < -0.4 is 15.0 Å². The Morgan fingerprint density at radius 1 is 1.16 bits per heavy atom. The summed E-state index contributed by atoms with van der Waals surface area (Å²) in [5.41, 5.74) is 3.86. The van der Waals surface area contributed by atoms with E-state index in [-0.39, 0.29) is 23.1 Å². The summed E-state index contributed by atoms with van der Waals surface area (Å²) in [7, 11) is -3.82. The van der Waals surface area contributed by atoms with Gasteiger partial charge in [-0.1, -0.05) is 5.16 Å². The van der Waals surface area contributed by atoms with Gasteiger partial charge in [0.15, 0.2) is 11.6 Å². The molecule has 0 spiro atoms. The summed E-state index contributed by atoms with van der Waals surface area (Å²) in [6.07, 6.45) is 2.86. The van der Waals surface area contributed by atoms with E-state index >= 15 is 0 Å². The van der Waals surface area contributed by atoms with Gasteiger partial charge in [-0.2, -0.15) is 0 Å². The van der Waals surface area contributed by atoms with Crippen molar-refractivity contribution in [3.8, 4) is 5.75 Å². The molecule has 0 bridgehead atoms. The van der Waals surface area contributed by atoms with E-state index in [1.54, 1.807) is 50.4 Å². The Kier molecular flexibility index (Phi) is 7.60. The number of benzene rings is 2. The first-order valence-electron chi connectivity index (χ1n) is 11.0. The minimum atomic E-state index is -3.82. The molecule has 0 aliphatic carbocycles. The number of aromatic nitrogens is 3. The highest BCUT2D eigenvalue weighted by atomic mass is 32.2. The fourth-order valence-corrected chi connectivity index (χ4v) is 4.10. The molecule has 0 unspecified atom stereocenters. The van der Waals surface area contributed by atoms with Crippen LogP contribution in [0.4, 0.5) is 17.3 Å². The molecule has 0 atom stereocenters. The molecule has 0 fully saturated rings. The third kappa shape index (κ3) is 6.56. The average Bonchev–Trinajstić information content (AvgIpc) is 3.47. The van der Waals surface area contributed by atoms with E-state index in [0.29, 0.717) is 29.6 Å². The molecule has 0 saturated heterocycles. The van der Waals surface area contributed by atoms with Crippen molar-refractivity contribution in [3.63, 3.8) is 0 Å². The molecule has 0 aliphatic heterocycles. The molecule has 2 N–H and O–H groups in total. The monoisotopic (exact) mass is 525 g/mol. The predicted molar refractivity (Wildman–Crippen MR) is 134 cm³/mol. The number of nitro groups is 1. The first kappa shape index (κ1) is 25.5. The first-order valence-corrected chi connectivity index (χ1v) is 12.4. The molecule has 14 heteroatoms. The van der Waals surface area contributed by atoms with Gasteiger partial charge >= 0.3 is 5.82 Å². The van der Waals surface area contributed by atoms with Crippen molar-refractivity contribution in [1.29, 1.82) is 0 Å². The number of ether oxygens (including phenoxy) is 1.